The molecule has 1 aromatic rings. The van der Waals surface area contributed by atoms with E-state index in [4.69, 9.17) is 5.73 Å². The van der Waals surface area contributed by atoms with Gasteiger partial charge < -0.3 is 15.5 Å². The summed E-state index contributed by atoms with van der Waals surface area (Å²) in [6.45, 7) is 0.995. The molecule has 0 saturated heterocycles. The molecule has 0 radical (unpaired) electrons. The summed E-state index contributed by atoms with van der Waals surface area (Å²) < 4.78 is 4.01. The van der Waals surface area contributed by atoms with Crippen molar-refractivity contribution in [2.75, 3.05) is 38.3 Å². The minimum absolute atomic E-state index is 0.315. The normalized spacial score (nSPS) is 18.5. The van der Waals surface area contributed by atoms with Crippen LogP contribution in [0.15, 0.2) is 0 Å². The summed E-state index contributed by atoms with van der Waals surface area (Å²) in [7, 11) is 6.37. The predicted molar refractivity (Wildman–Crippen MR) is 67.9 cm³/mol. The summed E-state index contributed by atoms with van der Waals surface area (Å²) in [5.41, 5.74) is 5.85. The van der Waals surface area contributed by atoms with Crippen molar-refractivity contribution in [3.05, 3.63) is 0 Å². The Bertz CT molecular complexity index is 358. The van der Waals surface area contributed by atoms with Crippen LogP contribution in [0.3, 0.4) is 0 Å². The first-order chi connectivity index (χ1) is 7.53. The van der Waals surface area contributed by atoms with E-state index in [9.17, 15) is 0 Å². The van der Waals surface area contributed by atoms with Gasteiger partial charge in [-0.2, -0.15) is 9.36 Å². The van der Waals surface area contributed by atoms with Crippen LogP contribution in [0.1, 0.15) is 19.3 Å². The first-order valence-electron chi connectivity index (χ1n) is 5.51. The number of anilines is 2. The van der Waals surface area contributed by atoms with E-state index in [1.54, 1.807) is 0 Å². The van der Waals surface area contributed by atoms with E-state index in [-0.39, 0.29) is 0 Å². The van der Waals surface area contributed by atoms with E-state index in [0.29, 0.717) is 11.5 Å². The first kappa shape index (κ1) is 11.6. The van der Waals surface area contributed by atoms with Crippen LogP contribution in [0, 0.1) is 0 Å². The Labute approximate surface area is 100 Å². The molecule has 1 fully saturated rings. The van der Waals surface area contributed by atoms with Gasteiger partial charge >= 0.3 is 0 Å². The van der Waals surface area contributed by atoms with Gasteiger partial charge in [-0.25, -0.2) is 0 Å². The molecule has 0 spiro atoms. The standard InChI is InChI=1S/C10H19N5S/c1-14(2)10(5-4-6-10)7-15(3)9-12-8(11)13-16-9/h4-7H2,1-3H3,(H2,11,13). The fourth-order valence-electron chi connectivity index (χ4n) is 2.22. The highest BCUT2D eigenvalue weighted by Crippen LogP contribution is 2.37. The largest absolute Gasteiger partial charge is 0.367 e. The molecule has 1 aliphatic rings. The molecule has 16 heavy (non-hydrogen) atoms. The lowest BCUT2D eigenvalue weighted by atomic mass is 9.75. The van der Waals surface area contributed by atoms with Crippen LogP contribution in [-0.4, -0.2) is 47.5 Å². The van der Waals surface area contributed by atoms with Crippen LogP contribution < -0.4 is 10.6 Å². The third kappa shape index (κ3) is 1.99. The number of nitrogen functional groups attached to an aromatic ring is 1. The molecule has 1 saturated carbocycles. The molecule has 1 aromatic heterocycles. The summed E-state index contributed by atoms with van der Waals surface area (Å²) >= 11 is 1.37. The Hall–Kier alpha value is -0.880. The topological polar surface area (TPSA) is 58.3 Å². The van der Waals surface area contributed by atoms with Crippen molar-refractivity contribution < 1.29 is 0 Å². The second-order valence-electron chi connectivity index (χ2n) is 4.76. The van der Waals surface area contributed by atoms with Gasteiger partial charge in [-0.3, -0.25) is 0 Å². The summed E-state index contributed by atoms with van der Waals surface area (Å²) in [5.74, 6) is 0.374. The van der Waals surface area contributed by atoms with Gasteiger partial charge in [-0.05, 0) is 33.4 Å². The highest BCUT2D eigenvalue weighted by atomic mass is 32.1. The van der Waals surface area contributed by atoms with Crippen molar-refractivity contribution in [2.24, 2.45) is 0 Å². The Balaban J connectivity index is 2.04. The van der Waals surface area contributed by atoms with Crippen molar-refractivity contribution in [2.45, 2.75) is 24.8 Å². The Morgan fingerprint density at radius 3 is 2.44 bits per heavy atom. The van der Waals surface area contributed by atoms with Gasteiger partial charge in [0.1, 0.15) is 0 Å². The van der Waals surface area contributed by atoms with Crippen molar-refractivity contribution in [1.82, 2.24) is 14.3 Å². The molecule has 6 heteroatoms. The lowest BCUT2D eigenvalue weighted by molar-refractivity contribution is 0.0683. The van der Waals surface area contributed by atoms with Gasteiger partial charge in [0.2, 0.25) is 11.1 Å². The van der Waals surface area contributed by atoms with E-state index >= 15 is 0 Å². The predicted octanol–water partition coefficient (Wildman–Crippen LogP) is 1.04. The van der Waals surface area contributed by atoms with Gasteiger partial charge in [0.25, 0.3) is 0 Å². The molecule has 1 aliphatic carbocycles. The van der Waals surface area contributed by atoms with Gasteiger partial charge in [0.15, 0.2) is 0 Å². The zero-order chi connectivity index (χ0) is 11.8. The maximum atomic E-state index is 5.54. The van der Waals surface area contributed by atoms with Crippen LogP contribution in [0.25, 0.3) is 0 Å². The molecule has 0 atom stereocenters. The number of nitrogens with two attached hydrogens (primary N) is 1. The third-order valence-corrected chi connectivity index (χ3v) is 4.37. The van der Waals surface area contributed by atoms with Gasteiger partial charge in [-0.15, -0.1) is 0 Å². The lowest BCUT2D eigenvalue weighted by Crippen LogP contribution is -2.56. The molecule has 2 rings (SSSR count). The lowest BCUT2D eigenvalue weighted by Gasteiger charge is -2.49. The smallest absolute Gasteiger partial charge is 0.233 e. The maximum Gasteiger partial charge on any atom is 0.233 e. The molecule has 2 N–H and O–H groups in total. The van der Waals surface area contributed by atoms with Crippen LogP contribution in [-0.2, 0) is 0 Å². The Kier molecular flexibility index (Phi) is 3.03. The zero-order valence-corrected chi connectivity index (χ0v) is 10.9. The molecule has 0 aliphatic heterocycles. The number of aromatic nitrogens is 2. The molecule has 0 bridgehead atoms. The maximum absolute atomic E-state index is 5.54. The molecule has 1 heterocycles. The first-order valence-corrected chi connectivity index (χ1v) is 6.29. The number of likely N-dealkylation sites (N-methyl/N-ethyl adjacent to an activating group) is 2. The highest BCUT2D eigenvalue weighted by Gasteiger charge is 2.40. The van der Waals surface area contributed by atoms with Crippen LogP contribution in [0.4, 0.5) is 11.1 Å². The van der Waals surface area contributed by atoms with Gasteiger partial charge in [0.05, 0.1) is 0 Å². The summed E-state index contributed by atoms with van der Waals surface area (Å²) in [6, 6.07) is 0. The average molecular weight is 241 g/mol. The van der Waals surface area contributed by atoms with Gasteiger partial charge in [0, 0.05) is 30.7 Å². The van der Waals surface area contributed by atoms with Gasteiger partial charge in [-0.1, -0.05) is 0 Å². The number of rotatable bonds is 4. The Morgan fingerprint density at radius 2 is 2.06 bits per heavy atom. The molecule has 0 aromatic carbocycles. The fourth-order valence-corrected chi connectivity index (χ4v) is 2.78. The van der Waals surface area contributed by atoms with Crippen LogP contribution in [0.5, 0.6) is 0 Å². The number of hydrogen-bond donors (Lipinski definition) is 1. The van der Waals surface area contributed by atoms with Crippen molar-refractivity contribution in [3.63, 3.8) is 0 Å². The molecule has 90 valence electrons. The highest BCUT2D eigenvalue weighted by molar-refractivity contribution is 7.09. The van der Waals surface area contributed by atoms with E-state index in [2.05, 4.69) is 40.3 Å². The second-order valence-corrected chi connectivity index (χ2v) is 5.49. The third-order valence-electron chi connectivity index (χ3n) is 3.52. The number of hydrogen-bond acceptors (Lipinski definition) is 6. The summed E-state index contributed by atoms with van der Waals surface area (Å²) in [4.78, 5) is 8.70. The Morgan fingerprint density at radius 1 is 1.38 bits per heavy atom. The van der Waals surface area contributed by atoms with Crippen LogP contribution >= 0.6 is 11.5 Å². The zero-order valence-electron chi connectivity index (χ0n) is 10.1. The fraction of sp³-hybridized carbons (Fsp3) is 0.800. The quantitative estimate of drug-likeness (QED) is 0.853. The minimum atomic E-state index is 0.315. The number of nitrogens with zero attached hydrogens (tertiary/aromatic N) is 4. The van der Waals surface area contributed by atoms with E-state index in [0.717, 1.165) is 11.7 Å². The molecule has 0 unspecified atom stereocenters. The molecular weight excluding hydrogens is 222 g/mol. The summed E-state index contributed by atoms with van der Waals surface area (Å²) in [6.07, 6.45) is 3.85. The second kappa shape index (κ2) is 4.18. The molecular formula is C10H19N5S. The van der Waals surface area contributed by atoms with Crippen molar-refractivity contribution in [3.8, 4) is 0 Å². The summed E-state index contributed by atoms with van der Waals surface area (Å²) in [5, 5.41) is 0.908. The SMILES string of the molecule is CN(CC1(N(C)C)CCC1)c1nc(N)ns1. The molecule has 0 amide bonds. The van der Waals surface area contributed by atoms with Crippen molar-refractivity contribution >= 4 is 22.6 Å². The van der Waals surface area contributed by atoms with Crippen LogP contribution in [0.2, 0.25) is 0 Å². The van der Waals surface area contributed by atoms with E-state index in [1.807, 2.05) is 0 Å². The average Bonchev–Trinajstić information content (AvgIpc) is 2.57. The van der Waals surface area contributed by atoms with E-state index in [1.165, 1.54) is 30.8 Å². The van der Waals surface area contributed by atoms with E-state index < -0.39 is 0 Å². The molecule has 5 nitrogen and oxygen atoms in total. The van der Waals surface area contributed by atoms with Crippen molar-refractivity contribution in [1.29, 1.82) is 0 Å². The monoisotopic (exact) mass is 241 g/mol. The minimum Gasteiger partial charge on any atom is -0.367 e.